The molecule has 0 fully saturated rings. The minimum atomic E-state index is -1.16. The Balaban J connectivity index is 2.05. The Kier molecular flexibility index (Phi) is 4.26. The Bertz CT molecular complexity index is 911. The van der Waals surface area contributed by atoms with Crippen molar-refractivity contribution >= 4 is 16.7 Å². The van der Waals surface area contributed by atoms with Crippen LogP contribution in [0, 0.1) is 0 Å². The Morgan fingerprint density at radius 1 is 1.17 bits per heavy atom. The first-order valence-corrected chi connectivity index (χ1v) is 7.25. The monoisotopic (exact) mass is 325 g/mol. The number of rotatable bonds is 5. The smallest absolute Gasteiger partial charge is 0.342 e. The Labute approximate surface area is 137 Å². The molecule has 0 aliphatic carbocycles. The lowest BCUT2D eigenvalue weighted by Crippen LogP contribution is -2.14. The summed E-state index contributed by atoms with van der Waals surface area (Å²) < 4.78 is 5.32. The molecule has 0 aliphatic rings. The van der Waals surface area contributed by atoms with E-state index in [0.717, 1.165) is 10.8 Å². The number of aromatic hydroxyl groups is 1. The van der Waals surface area contributed by atoms with Crippen molar-refractivity contribution in [1.82, 2.24) is 9.97 Å². The normalized spacial score (nSPS) is 10.7. The lowest BCUT2D eigenvalue weighted by Gasteiger charge is -2.09. The molecule has 0 unspecified atom stereocenters. The molecule has 2 aromatic carbocycles. The zero-order valence-electron chi connectivity index (χ0n) is 12.6. The summed E-state index contributed by atoms with van der Waals surface area (Å²) in [4.78, 5) is 19.5. The number of hydrogen-bond acceptors (Lipinski definition) is 6. The number of nitrogens with zero attached hydrogens (tertiary/aromatic N) is 2. The fourth-order valence-corrected chi connectivity index (χ4v) is 2.29. The van der Waals surface area contributed by atoms with E-state index in [0.29, 0.717) is 11.4 Å². The molecule has 3 rings (SSSR count). The third-order valence-corrected chi connectivity index (χ3v) is 3.42. The van der Waals surface area contributed by atoms with E-state index >= 15 is 0 Å². The van der Waals surface area contributed by atoms with Crippen molar-refractivity contribution in [3.63, 3.8) is 0 Å². The van der Waals surface area contributed by atoms with Crippen molar-refractivity contribution < 1.29 is 19.7 Å². The summed E-state index contributed by atoms with van der Waals surface area (Å²) in [6.07, 6.45) is 1.22. The fraction of sp³-hybridized carbons (Fsp3) is 0.118. The van der Waals surface area contributed by atoms with E-state index in [1.807, 2.05) is 12.1 Å². The van der Waals surface area contributed by atoms with Gasteiger partial charge in [-0.15, -0.1) is 0 Å². The summed E-state index contributed by atoms with van der Waals surface area (Å²) in [7, 11) is 0. The van der Waals surface area contributed by atoms with Crippen LogP contribution in [0.3, 0.4) is 0 Å². The van der Waals surface area contributed by atoms with E-state index in [4.69, 9.17) is 10.5 Å². The second-order valence-corrected chi connectivity index (χ2v) is 5.10. The van der Waals surface area contributed by atoms with E-state index in [1.54, 1.807) is 24.3 Å². The lowest BCUT2D eigenvalue weighted by molar-refractivity contribution is 0.0691. The Morgan fingerprint density at radius 2 is 1.92 bits per heavy atom. The van der Waals surface area contributed by atoms with E-state index in [2.05, 4.69) is 9.97 Å². The number of benzene rings is 2. The quantitative estimate of drug-likeness (QED) is 0.656. The third-order valence-electron chi connectivity index (χ3n) is 3.42. The summed E-state index contributed by atoms with van der Waals surface area (Å²) in [5.74, 6) is -0.636. The van der Waals surface area contributed by atoms with Crippen LogP contribution in [0.5, 0.6) is 11.6 Å². The second kappa shape index (κ2) is 6.51. The number of aromatic carboxylic acids is 1. The lowest BCUT2D eigenvalue weighted by atomic mass is 10.1. The van der Waals surface area contributed by atoms with Gasteiger partial charge in [0.15, 0.2) is 5.82 Å². The van der Waals surface area contributed by atoms with Gasteiger partial charge in [-0.3, -0.25) is 0 Å². The van der Waals surface area contributed by atoms with Crippen LogP contribution in [0.4, 0.5) is 0 Å². The topological polar surface area (TPSA) is 119 Å². The molecule has 0 atom stereocenters. The van der Waals surface area contributed by atoms with Crippen LogP contribution in [-0.2, 0) is 0 Å². The van der Waals surface area contributed by atoms with E-state index in [9.17, 15) is 15.0 Å². The highest BCUT2D eigenvalue weighted by Gasteiger charge is 2.16. The standard InChI is InChI=1S/C17H15N3O4/c18-5-6-24-16-14(17(22)23)9-19-15(20-16)12-2-1-11-8-13(21)4-3-10(11)7-12/h1-4,7-9,21H,5-6,18H2,(H,22,23). The highest BCUT2D eigenvalue weighted by atomic mass is 16.5. The molecule has 0 saturated heterocycles. The van der Waals surface area contributed by atoms with Gasteiger partial charge in [0.2, 0.25) is 5.88 Å². The van der Waals surface area contributed by atoms with Crippen LogP contribution < -0.4 is 10.5 Å². The zero-order valence-corrected chi connectivity index (χ0v) is 12.6. The number of carbonyl (C=O) groups is 1. The molecule has 0 radical (unpaired) electrons. The van der Waals surface area contributed by atoms with Gasteiger partial charge in [0.1, 0.15) is 17.9 Å². The van der Waals surface area contributed by atoms with Crippen molar-refractivity contribution in [1.29, 1.82) is 0 Å². The van der Waals surface area contributed by atoms with Gasteiger partial charge in [-0.1, -0.05) is 18.2 Å². The Morgan fingerprint density at radius 3 is 2.67 bits per heavy atom. The van der Waals surface area contributed by atoms with Crippen LogP contribution in [0.25, 0.3) is 22.2 Å². The number of hydrogen-bond donors (Lipinski definition) is 3. The van der Waals surface area contributed by atoms with Gasteiger partial charge in [-0.2, -0.15) is 4.98 Å². The van der Waals surface area contributed by atoms with Crippen LogP contribution in [0.15, 0.2) is 42.6 Å². The van der Waals surface area contributed by atoms with Crippen molar-refractivity contribution in [3.05, 3.63) is 48.2 Å². The zero-order chi connectivity index (χ0) is 17.1. The van der Waals surface area contributed by atoms with Gasteiger partial charge in [0.25, 0.3) is 0 Å². The maximum Gasteiger partial charge on any atom is 0.342 e. The van der Waals surface area contributed by atoms with Crippen LogP contribution in [-0.4, -0.2) is 39.3 Å². The highest BCUT2D eigenvalue weighted by molar-refractivity contribution is 5.90. The first kappa shape index (κ1) is 15.7. The second-order valence-electron chi connectivity index (χ2n) is 5.10. The predicted molar refractivity (Wildman–Crippen MR) is 88.1 cm³/mol. The molecule has 24 heavy (non-hydrogen) atoms. The maximum atomic E-state index is 11.2. The first-order valence-electron chi connectivity index (χ1n) is 7.25. The number of carboxylic acids is 1. The maximum absolute atomic E-state index is 11.2. The largest absolute Gasteiger partial charge is 0.508 e. The number of ether oxygens (including phenoxy) is 1. The van der Waals surface area contributed by atoms with Gasteiger partial charge in [0, 0.05) is 18.3 Å². The minimum absolute atomic E-state index is 0.0104. The third kappa shape index (κ3) is 3.11. The molecule has 0 saturated carbocycles. The fourth-order valence-electron chi connectivity index (χ4n) is 2.29. The summed E-state index contributed by atoms with van der Waals surface area (Å²) >= 11 is 0. The molecule has 0 amide bonds. The Hall–Kier alpha value is -3.19. The van der Waals surface area contributed by atoms with Gasteiger partial charge < -0.3 is 20.7 Å². The highest BCUT2D eigenvalue weighted by Crippen LogP contribution is 2.26. The first-order chi connectivity index (χ1) is 11.6. The average Bonchev–Trinajstić information content (AvgIpc) is 2.59. The number of phenolic OH excluding ortho intramolecular Hbond substituents is 1. The molecular weight excluding hydrogens is 310 g/mol. The van der Waals surface area contributed by atoms with Gasteiger partial charge in [0.05, 0.1) is 0 Å². The average molecular weight is 325 g/mol. The van der Waals surface area contributed by atoms with Gasteiger partial charge in [-0.05, 0) is 29.0 Å². The number of phenols is 1. The van der Waals surface area contributed by atoms with Crippen molar-refractivity contribution in [3.8, 4) is 23.0 Å². The molecule has 1 aromatic heterocycles. The van der Waals surface area contributed by atoms with Crippen LogP contribution in [0.2, 0.25) is 0 Å². The molecule has 1 heterocycles. The van der Waals surface area contributed by atoms with Crippen molar-refractivity contribution in [2.24, 2.45) is 5.73 Å². The summed E-state index contributed by atoms with van der Waals surface area (Å²) in [6.45, 7) is 0.408. The number of aromatic nitrogens is 2. The molecule has 122 valence electrons. The van der Waals surface area contributed by atoms with E-state index in [-0.39, 0.29) is 30.3 Å². The number of fused-ring (bicyclic) bond motifs is 1. The summed E-state index contributed by atoms with van der Waals surface area (Å²) in [5, 5.41) is 20.5. The molecule has 7 nitrogen and oxygen atoms in total. The van der Waals surface area contributed by atoms with Gasteiger partial charge >= 0.3 is 5.97 Å². The minimum Gasteiger partial charge on any atom is -0.508 e. The van der Waals surface area contributed by atoms with Gasteiger partial charge in [-0.25, -0.2) is 9.78 Å². The molecule has 7 heteroatoms. The molecular formula is C17H15N3O4. The number of nitrogens with two attached hydrogens (primary N) is 1. The van der Waals surface area contributed by atoms with Crippen molar-refractivity contribution in [2.75, 3.05) is 13.2 Å². The van der Waals surface area contributed by atoms with E-state index < -0.39 is 5.97 Å². The summed E-state index contributed by atoms with van der Waals surface area (Å²) in [6, 6.07) is 10.5. The summed E-state index contributed by atoms with van der Waals surface area (Å²) in [5.41, 5.74) is 5.99. The van der Waals surface area contributed by atoms with E-state index in [1.165, 1.54) is 6.20 Å². The molecule has 0 spiro atoms. The SMILES string of the molecule is NCCOc1nc(-c2ccc3cc(O)ccc3c2)ncc1C(=O)O. The predicted octanol–water partition coefficient (Wildman–Crippen LogP) is 2.04. The number of carboxylic acid groups (broad SMARTS) is 1. The molecule has 0 aliphatic heterocycles. The van der Waals surface area contributed by atoms with Crippen LogP contribution in [0.1, 0.15) is 10.4 Å². The molecule has 4 N–H and O–H groups in total. The van der Waals surface area contributed by atoms with Crippen LogP contribution >= 0.6 is 0 Å². The van der Waals surface area contributed by atoms with Crippen molar-refractivity contribution in [2.45, 2.75) is 0 Å². The molecule has 0 bridgehead atoms. The molecule has 3 aromatic rings.